The summed E-state index contributed by atoms with van der Waals surface area (Å²) in [7, 11) is 0. The van der Waals surface area contributed by atoms with E-state index in [2.05, 4.69) is 30.5 Å². The van der Waals surface area contributed by atoms with Crippen molar-refractivity contribution in [2.24, 2.45) is 0 Å². The highest BCUT2D eigenvalue weighted by molar-refractivity contribution is 5.80. The highest BCUT2D eigenvalue weighted by Crippen LogP contribution is 2.21. The summed E-state index contributed by atoms with van der Waals surface area (Å²) >= 11 is 0. The third kappa shape index (κ3) is 2.19. The van der Waals surface area contributed by atoms with Gasteiger partial charge in [-0.05, 0) is 12.1 Å². The first-order valence-electron chi connectivity index (χ1n) is 7.65. The summed E-state index contributed by atoms with van der Waals surface area (Å²) in [5.41, 5.74) is 3.63. The maximum Gasteiger partial charge on any atom is 0.276 e. The van der Waals surface area contributed by atoms with Crippen LogP contribution in [0.3, 0.4) is 0 Å². The molecular formula is C17H11N7O. The first-order valence-corrected chi connectivity index (χ1v) is 7.65. The largest absolute Gasteiger partial charge is 0.323 e. The van der Waals surface area contributed by atoms with E-state index in [-0.39, 0.29) is 5.56 Å². The summed E-state index contributed by atoms with van der Waals surface area (Å²) in [5.74, 6) is 0.889. The first kappa shape index (κ1) is 13.6. The second-order valence-electron chi connectivity index (χ2n) is 5.60. The highest BCUT2D eigenvalue weighted by atomic mass is 16.1. The monoisotopic (exact) mass is 329 g/mol. The minimum Gasteiger partial charge on any atom is -0.323 e. The molecule has 0 spiro atoms. The topological polar surface area (TPSA) is 105 Å². The number of nitrogens with one attached hydrogen (secondary N) is 2. The number of aromatic amines is 2. The molecule has 5 aromatic rings. The Hall–Kier alpha value is -3.81. The standard InChI is InChI=1S/C17H11N7O/c25-15-9-13(11-6-7-12-14(8-11)21-23-20-12)18-17-19-16(22-24(15)17)10-4-2-1-3-5-10/h1-9H,(H,18,19,22)(H,20,21,23). The molecule has 0 saturated carbocycles. The van der Waals surface area contributed by atoms with Gasteiger partial charge >= 0.3 is 0 Å². The van der Waals surface area contributed by atoms with Crippen LogP contribution < -0.4 is 5.56 Å². The van der Waals surface area contributed by atoms with E-state index in [1.807, 2.05) is 48.5 Å². The molecule has 5 rings (SSSR count). The van der Waals surface area contributed by atoms with Crippen LogP contribution in [0.5, 0.6) is 0 Å². The summed E-state index contributed by atoms with van der Waals surface area (Å²) in [6.07, 6.45) is 0. The van der Waals surface area contributed by atoms with Gasteiger partial charge in [0.15, 0.2) is 5.82 Å². The second kappa shape index (κ2) is 5.10. The van der Waals surface area contributed by atoms with Gasteiger partial charge in [0.25, 0.3) is 5.56 Å². The Balaban J connectivity index is 1.68. The normalized spacial score (nSPS) is 11.4. The molecule has 0 aliphatic rings. The molecule has 0 radical (unpaired) electrons. The molecule has 0 bridgehead atoms. The van der Waals surface area contributed by atoms with E-state index in [0.717, 1.165) is 22.2 Å². The molecular weight excluding hydrogens is 318 g/mol. The molecule has 0 amide bonds. The van der Waals surface area contributed by atoms with E-state index in [1.54, 1.807) is 0 Å². The van der Waals surface area contributed by atoms with E-state index in [4.69, 9.17) is 0 Å². The third-order valence-corrected chi connectivity index (χ3v) is 4.00. The van der Waals surface area contributed by atoms with Crippen LogP contribution in [0.4, 0.5) is 0 Å². The zero-order chi connectivity index (χ0) is 16.8. The number of fused-ring (bicyclic) bond motifs is 2. The number of hydrogen-bond donors (Lipinski definition) is 2. The maximum atomic E-state index is 12.4. The Morgan fingerprint density at radius 3 is 2.72 bits per heavy atom. The van der Waals surface area contributed by atoms with Crippen LogP contribution in [-0.2, 0) is 0 Å². The van der Waals surface area contributed by atoms with Gasteiger partial charge in [-0.25, -0.2) is 0 Å². The molecule has 8 nitrogen and oxygen atoms in total. The van der Waals surface area contributed by atoms with Crippen molar-refractivity contribution in [2.75, 3.05) is 0 Å². The first-order chi connectivity index (χ1) is 12.3. The maximum absolute atomic E-state index is 12.4. The lowest BCUT2D eigenvalue weighted by molar-refractivity contribution is 0.904. The summed E-state index contributed by atoms with van der Waals surface area (Å²) in [6.45, 7) is 0. The fourth-order valence-corrected chi connectivity index (χ4v) is 2.76. The van der Waals surface area contributed by atoms with Crippen LogP contribution in [0, 0.1) is 0 Å². The number of rotatable bonds is 2. The number of aromatic nitrogens is 7. The van der Waals surface area contributed by atoms with Gasteiger partial charge in [0.2, 0.25) is 5.78 Å². The Morgan fingerprint density at radius 2 is 1.84 bits per heavy atom. The van der Waals surface area contributed by atoms with Crippen molar-refractivity contribution < 1.29 is 0 Å². The van der Waals surface area contributed by atoms with Gasteiger partial charge in [0.05, 0.1) is 11.2 Å². The predicted molar refractivity (Wildman–Crippen MR) is 91.9 cm³/mol. The number of nitrogens with zero attached hydrogens (tertiary/aromatic N) is 5. The van der Waals surface area contributed by atoms with Crippen molar-refractivity contribution in [1.82, 2.24) is 35.0 Å². The Bertz CT molecular complexity index is 1270. The summed E-state index contributed by atoms with van der Waals surface area (Å²) < 4.78 is 1.26. The third-order valence-electron chi connectivity index (χ3n) is 4.00. The molecule has 0 aliphatic heterocycles. The Kier molecular flexibility index (Phi) is 2.78. The van der Waals surface area contributed by atoms with Crippen molar-refractivity contribution in [3.05, 3.63) is 65.0 Å². The van der Waals surface area contributed by atoms with E-state index < -0.39 is 0 Å². The van der Waals surface area contributed by atoms with Crippen molar-refractivity contribution in [2.45, 2.75) is 0 Å². The molecule has 3 heterocycles. The van der Waals surface area contributed by atoms with Gasteiger partial charge < -0.3 is 4.98 Å². The van der Waals surface area contributed by atoms with E-state index >= 15 is 0 Å². The zero-order valence-electron chi connectivity index (χ0n) is 12.8. The molecule has 25 heavy (non-hydrogen) atoms. The molecule has 0 saturated heterocycles. The molecule has 120 valence electrons. The fourth-order valence-electron chi connectivity index (χ4n) is 2.76. The second-order valence-corrected chi connectivity index (χ2v) is 5.60. The molecule has 0 fully saturated rings. The molecule has 3 aromatic heterocycles. The Labute approximate surface area is 140 Å². The van der Waals surface area contributed by atoms with Crippen LogP contribution >= 0.6 is 0 Å². The number of hydrogen-bond acceptors (Lipinski definition) is 5. The molecule has 2 N–H and O–H groups in total. The summed E-state index contributed by atoms with van der Waals surface area (Å²) in [4.78, 5) is 20.0. The lowest BCUT2D eigenvalue weighted by Gasteiger charge is -2.01. The summed E-state index contributed by atoms with van der Waals surface area (Å²) in [6, 6.07) is 16.6. The van der Waals surface area contributed by atoms with E-state index in [1.165, 1.54) is 10.6 Å². The van der Waals surface area contributed by atoms with Gasteiger partial charge in [-0.15, -0.1) is 10.2 Å². The summed E-state index contributed by atoms with van der Waals surface area (Å²) in [5, 5.41) is 14.9. The van der Waals surface area contributed by atoms with Gasteiger partial charge in [-0.1, -0.05) is 41.6 Å². The number of H-pyrrole nitrogens is 2. The molecule has 0 atom stereocenters. The predicted octanol–water partition coefficient (Wildman–Crippen LogP) is 2.02. The molecule has 8 heteroatoms. The number of benzene rings is 2. The van der Waals surface area contributed by atoms with Crippen LogP contribution in [-0.4, -0.2) is 35.0 Å². The molecule has 0 unspecified atom stereocenters. The van der Waals surface area contributed by atoms with Crippen molar-refractivity contribution in [1.29, 1.82) is 0 Å². The van der Waals surface area contributed by atoms with E-state index in [0.29, 0.717) is 17.3 Å². The van der Waals surface area contributed by atoms with Crippen molar-refractivity contribution >= 4 is 16.8 Å². The average Bonchev–Trinajstić information content (AvgIpc) is 3.28. The minimum absolute atomic E-state index is 0.251. The fraction of sp³-hybridized carbons (Fsp3) is 0. The zero-order valence-corrected chi connectivity index (χ0v) is 12.8. The van der Waals surface area contributed by atoms with Crippen LogP contribution in [0.1, 0.15) is 0 Å². The SMILES string of the molecule is O=c1cc(-c2ccc3[nH]nnc3c2)[nH]c2nc(-c3ccccc3)nn12. The van der Waals surface area contributed by atoms with Crippen LogP contribution in [0.2, 0.25) is 0 Å². The van der Waals surface area contributed by atoms with Crippen molar-refractivity contribution in [3.8, 4) is 22.6 Å². The van der Waals surface area contributed by atoms with Gasteiger partial charge in [0, 0.05) is 17.2 Å². The Morgan fingerprint density at radius 1 is 0.960 bits per heavy atom. The lowest BCUT2D eigenvalue weighted by atomic mass is 10.1. The van der Waals surface area contributed by atoms with Gasteiger partial charge in [0.1, 0.15) is 5.52 Å². The average molecular weight is 329 g/mol. The quantitative estimate of drug-likeness (QED) is 0.515. The lowest BCUT2D eigenvalue weighted by Crippen LogP contribution is -2.14. The van der Waals surface area contributed by atoms with Crippen molar-refractivity contribution in [3.63, 3.8) is 0 Å². The minimum atomic E-state index is -0.251. The molecule has 2 aromatic carbocycles. The smallest absolute Gasteiger partial charge is 0.276 e. The molecule has 0 aliphatic carbocycles. The van der Waals surface area contributed by atoms with Gasteiger partial charge in [-0.3, -0.25) is 9.89 Å². The van der Waals surface area contributed by atoms with E-state index in [9.17, 15) is 4.79 Å². The van der Waals surface area contributed by atoms with Gasteiger partial charge in [-0.2, -0.15) is 9.50 Å². The van der Waals surface area contributed by atoms with Crippen LogP contribution in [0.15, 0.2) is 59.4 Å². The van der Waals surface area contributed by atoms with Crippen LogP contribution in [0.25, 0.3) is 39.5 Å². The highest BCUT2D eigenvalue weighted by Gasteiger charge is 2.11.